The first kappa shape index (κ1) is 13.7. The molecule has 0 saturated heterocycles. The molecule has 98 valence electrons. The van der Waals surface area contributed by atoms with Crippen molar-refractivity contribution >= 4 is 21.7 Å². The molecule has 2 rings (SSSR count). The summed E-state index contributed by atoms with van der Waals surface area (Å²) in [4.78, 5) is 12.0. The van der Waals surface area contributed by atoms with Crippen LogP contribution in [-0.2, 0) is 4.74 Å². The molecule has 0 bridgehead atoms. The number of carbonyl (C=O) groups is 1. The van der Waals surface area contributed by atoms with Crippen LogP contribution >= 0.6 is 15.9 Å². The number of halogens is 2. The Bertz CT molecular complexity index is 441. The SMILES string of the molecule is CCOC1CC(CC(=O)c2cccc(Br)c2F)C1. The van der Waals surface area contributed by atoms with Crippen LogP contribution in [0.5, 0.6) is 0 Å². The quantitative estimate of drug-likeness (QED) is 0.768. The first-order valence-electron chi connectivity index (χ1n) is 6.20. The number of benzene rings is 1. The summed E-state index contributed by atoms with van der Waals surface area (Å²) in [6.07, 6.45) is 2.53. The largest absolute Gasteiger partial charge is 0.378 e. The molecule has 0 heterocycles. The molecule has 0 aliphatic heterocycles. The maximum Gasteiger partial charge on any atom is 0.166 e. The molecule has 1 aromatic carbocycles. The van der Waals surface area contributed by atoms with Gasteiger partial charge in [0.15, 0.2) is 5.78 Å². The zero-order chi connectivity index (χ0) is 13.1. The summed E-state index contributed by atoms with van der Waals surface area (Å²) >= 11 is 3.09. The molecule has 4 heteroatoms. The molecule has 0 spiro atoms. The van der Waals surface area contributed by atoms with Gasteiger partial charge in [-0.05, 0) is 53.7 Å². The first-order chi connectivity index (χ1) is 8.61. The highest BCUT2D eigenvalue weighted by atomic mass is 79.9. The smallest absolute Gasteiger partial charge is 0.166 e. The highest BCUT2D eigenvalue weighted by Gasteiger charge is 2.31. The predicted molar refractivity (Wildman–Crippen MR) is 71.2 cm³/mol. The lowest BCUT2D eigenvalue weighted by atomic mass is 9.78. The zero-order valence-corrected chi connectivity index (χ0v) is 11.9. The van der Waals surface area contributed by atoms with Crippen molar-refractivity contribution in [1.82, 2.24) is 0 Å². The van der Waals surface area contributed by atoms with Gasteiger partial charge in [0, 0.05) is 13.0 Å². The van der Waals surface area contributed by atoms with Crippen molar-refractivity contribution in [2.75, 3.05) is 6.61 Å². The number of ketones is 1. The van der Waals surface area contributed by atoms with Gasteiger partial charge in [0.05, 0.1) is 16.1 Å². The van der Waals surface area contributed by atoms with Crippen molar-refractivity contribution in [3.63, 3.8) is 0 Å². The third-order valence-electron chi connectivity index (χ3n) is 3.32. The van der Waals surface area contributed by atoms with Gasteiger partial charge in [-0.15, -0.1) is 0 Å². The van der Waals surface area contributed by atoms with Crippen LogP contribution in [0.4, 0.5) is 4.39 Å². The minimum Gasteiger partial charge on any atom is -0.378 e. The third-order valence-corrected chi connectivity index (χ3v) is 3.93. The van der Waals surface area contributed by atoms with E-state index >= 15 is 0 Å². The Morgan fingerprint density at radius 1 is 1.50 bits per heavy atom. The van der Waals surface area contributed by atoms with Crippen molar-refractivity contribution in [3.8, 4) is 0 Å². The monoisotopic (exact) mass is 314 g/mol. The van der Waals surface area contributed by atoms with E-state index in [2.05, 4.69) is 15.9 Å². The fourth-order valence-corrected chi connectivity index (χ4v) is 2.67. The topological polar surface area (TPSA) is 26.3 Å². The van der Waals surface area contributed by atoms with E-state index in [1.807, 2.05) is 6.92 Å². The van der Waals surface area contributed by atoms with E-state index in [9.17, 15) is 9.18 Å². The Kier molecular flexibility index (Phi) is 4.51. The summed E-state index contributed by atoms with van der Waals surface area (Å²) in [7, 11) is 0. The fourth-order valence-electron chi connectivity index (χ4n) is 2.30. The van der Waals surface area contributed by atoms with Gasteiger partial charge in [0.2, 0.25) is 0 Å². The van der Waals surface area contributed by atoms with Crippen molar-refractivity contribution in [3.05, 3.63) is 34.1 Å². The summed E-state index contributed by atoms with van der Waals surface area (Å²) in [6.45, 7) is 2.68. The number of hydrogen-bond donors (Lipinski definition) is 0. The minimum absolute atomic E-state index is 0.117. The zero-order valence-electron chi connectivity index (χ0n) is 10.3. The van der Waals surface area contributed by atoms with E-state index in [1.165, 1.54) is 0 Å². The minimum atomic E-state index is -0.455. The molecule has 1 fully saturated rings. The number of ether oxygens (including phenoxy) is 1. The van der Waals surface area contributed by atoms with Crippen molar-refractivity contribution in [1.29, 1.82) is 0 Å². The molecule has 0 atom stereocenters. The average Bonchev–Trinajstić information content (AvgIpc) is 2.30. The second-order valence-corrected chi connectivity index (χ2v) is 5.50. The molecule has 0 aromatic heterocycles. The van der Waals surface area contributed by atoms with Crippen LogP contribution in [0.3, 0.4) is 0 Å². The van der Waals surface area contributed by atoms with Gasteiger partial charge >= 0.3 is 0 Å². The van der Waals surface area contributed by atoms with Crippen LogP contribution < -0.4 is 0 Å². The number of Topliss-reactive ketones (excluding diaryl/α,β-unsaturated/α-hetero) is 1. The van der Waals surface area contributed by atoms with Crippen LogP contribution in [-0.4, -0.2) is 18.5 Å². The number of hydrogen-bond acceptors (Lipinski definition) is 2. The second kappa shape index (κ2) is 5.93. The van der Waals surface area contributed by atoms with Crippen LogP contribution in [0.1, 0.15) is 36.5 Å². The lowest BCUT2D eigenvalue weighted by Gasteiger charge is -2.34. The maximum absolute atomic E-state index is 13.7. The van der Waals surface area contributed by atoms with E-state index in [1.54, 1.807) is 18.2 Å². The van der Waals surface area contributed by atoms with Gasteiger partial charge < -0.3 is 4.74 Å². The standard InChI is InChI=1S/C14H16BrFO2/c1-2-18-10-6-9(7-10)8-13(17)11-4-3-5-12(15)14(11)16/h3-5,9-10H,2,6-8H2,1H3. The Morgan fingerprint density at radius 3 is 2.89 bits per heavy atom. The molecule has 2 nitrogen and oxygen atoms in total. The molecule has 1 aliphatic rings. The molecule has 0 unspecified atom stereocenters. The molecule has 18 heavy (non-hydrogen) atoms. The summed E-state index contributed by atoms with van der Waals surface area (Å²) in [5, 5.41) is 0. The Balaban J connectivity index is 1.91. The highest BCUT2D eigenvalue weighted by Crippen LogP contribution is 2.34. The Hall–Kier alpha value is -0.740. The summed E-state index contributed by atoms with van der Waals surface area (Å²) < 4.78 is 19.5. The van der Waals surface area contributed by atoms with Gasteiger partial charge in [-0.1, -0.05) is 6.07 Å². The number of rotatable bonds is 5. The van der Waals surface area contributed by atoms with Crippen LogP contribution in [0, 0.1) is 11.7 Å². The Morgan fingerprint density at radius 2 is 2.22 bits per heavy atom. The maximum atomic E-state index is 13.7. The molecule has 0 radical (unpaired) electrons. The van der Waals surface area contributed by atoms with E-state index < -0.39 is 5.82 Å². The summed E-state index contributed by atoms with van der Waals surface area (Å²) in [6, 6.07) is 4.83. The molecule has 1 saturated carbocycles. The summed E-state index contributed by atoms with van der Waals surface area (Å²) in [5.41, 5.74) is 0.184. The molecule has 1 aromatic rings. The van der Waals surface area contributed by atoms with Crippen molar-refractivity contribution < 1.29 is 13.9 Å². The van der Waals surface area contributed by atoms with Crippen LogP contribution in [0.15, 0.2) is 22.7 Å². The van der Waals surface area contributed by atoms with E-state index in [4.69, 9.17) is 4.74 Å². The van der Waals surface area contributed by atoms with Gasteiger partial charge in [-0.25, -0.2) is 4.39 Å². The summed E-state index contributed by atoms with van der Waals surface area (Å²) in [5.74, 6) is -0.232. The van der Waals surface area contributed by atoms with E-state index in [-0.39, 0.29) is 11.3 Å². The fraction of sp³-hybridized carbons (Fsp3) is 0.500. The molecule has 0 N–H and O–H groups in total. The van der Waals surface area contributed by atoms with Gasteiger partial charge in [-0.2, -0.15) is 0 Å². The molecular weight excluding hydrogens is 299 g/mol. The van der Waals surface area contributed by atoms with Crippen LogP contribution in [0.25, 0.3) is 0 Å². The first-order valence-corrected chi connectivity index (χ1v) is 7.00. The van der Waals surface area contributed by atoms with Gasteiger partial charge in [0.1, 0.15) is 5.82 Å². The third kappa shape index (κ3) is 2.98. The van der Waals surface area contributed by atoms with E-state index in [0.29, 0.717) is 29.5 Å². The van der Waals surface area contributed by atoms with Crippen molar-refractivity contribution in [2.24, 2.45) is 5.92 Å². The lowest BCUT2D eigenvalue weighted by molar-refractivity contribution is -0.0246. The Labute approximate surface area is 115 Å². The lowest BCUT2D eigenvalue weighted by Crippen LogP contribution is -2.32. The average molecular weight is 315 g/mol. The highest BCUT2D eigenvalue weighted by molar-refractivity contribution is 9.10. The van der Waals surface area contributed by atoms with Crippen LogP contribution in [0.2, 0.25) is 0 Å². The second-order valence-electron chi connectivity index (χ2n) is 4.64. The normalized spacial score (nSPS) is 22.6. The molecule has 1 aliphatic carbocycles. The van der Waals surface area contributed by atoms with Gasteiger partial charge in [0.25, 0.3) is 0 Å². The van der Waals surface area contributed by atoms with E-state index in [0.717, 1.165) is 12.8 Å². The van der Waals surface area contributed by atoms with Crippen molar-refractivity contribution in [2.45, 2.75) is 32.3 Å². The molecule has 0 amide bonds. The number of carbonyl (C=O) groups excluding carboxylic acids is 1. The molecular formula is C14H16BrFO2. The van der Waals surface area contributed by atoms with Gasteiger partial charge in [-0.3, -0.25) is 4.79 Å². The predicted octanol–water partition coefficient (Wildman–Crippen LogP) is 3.98.